The average Bonchev–Trinajstić information content (AvgIpc) is 2.12. The van der Waals surface area contributed by atoms with Crippen LogP contribution in [0.3, 0.4) is 0 Å². The van der Waals surface area contributed by atoms with Gasteiger partial charge in [0.2, 0.25) is 0 Å². The van der Waals surface area contributed by atoms with E-state index in [1.165, 1.54) is 13.0 Å². The minimum absolute atomic E-state index is 0.764. The molecule has 1 aliphatic rings. The number of rotatable bonds is 1. The van der Waals surface area contributed by atoms with Crippen LogP contribution in [-0.4, -0.2) is 36.2 Å². The molecule has 0 bridgehead atoms. The van der Waals surface area contributed by atoms with Crippen LogP contribution in [0.2, 0.25) is 0 Å². The van der Waals surface area contributed by atoms with Gasteiger partial charge in [-0.1, -0.05) is 6.92 Å². The van der Waals surface area contributed by atoms with Crippen LogP contribution >= 0.6 is 0 Å². The van der Waals surface area contributed by atoms with Crippen LogP contribution in [0.1, 0.15) is 20.3 Å². The normalized spacial score (nSPS) is 31.7. The fourth-order valence-electron chi connectivity index (χ4n) is 1.54. The van der Waals surface area contributed by atoms with Gasteiger partial charge >= 0.3 is 0 Å². The van der Waals surface area contributed by atoms with Gasteiger partial charge in [-0.05, 0) is 13.3 Å². The largest absolute Gasteiger partial charge is 0.245 e. The lowest BCUT2D eigenvalue weighted by Crippen LogP contribution is -2.36. The molecule has 0 unspecified atom stereocenters. The molecule has 0 aromatic rings. The molecule has 0 aromatic heterocycles. The molecule has 1 fully saturated rings. The van der Waals surface area contributed by atoms with E-state index in [0.717, 1.165) is 12.6 Å². The molecule has 2 nitrogen and oxygen atoms in total. The zero-order valence-electron chi connectivity index (χ0n) is 6.59. The lowest BCUT2D eigenvalue weighted by Gasteiger charge is -2.25. The summed E-state index contributed by atoms with van der Waals surface area (Å²) in [7, 11) is 2.16. The van der Waals surface area contributed by atoms with Gasteiger partial charge in [0.1, 0.15) is 0 Å². The van der Waals surface area contributed by atoms with Gasteiger partial charge in [0.05, 0.1) is 0 Å². The SMILES string of the molecule is CCN1[C@@H](C)CCN1C. The van der Waals surface area contributed by atoms with E-state index in [-0.39, 0.29) is 0 Å². The molecule has 1 heterocycles. The molecule has 0 radical (unpaired) electrons. The third kappa shape index (κ3) is 1.25. The minimum Gasteiger partial charge on any atom is -0.245 e. The summed E-state index contributed by atoms with van der Waals surface area (Å²) in [6.45, 7) is 6.87. The molecular formula is C7H16N2. The van der Waals surface area contributed by atoms with Crippen LogP contribution in [-0.2, 0) is 0 Å². The molecule has 2 heteroatoms. The molecule has 0 N–H and O–H groups in total. The number of nitrogens with zero attached hydrogens (tertiary/aromatic N) is 2. The maximum Gasteiger partial charge on any atom is 0.0230 e. The highest BCUT2D eigenvalue weighted by molar-refractivity contribution is 4.71. The van der Waals surface area contributed by atoms with Gasteiger partial charge < -0.3 is 0 Å². The summed E-state index contributed by atoms with van der Waals surface area (Å²) < 4.78 is 0. The van der Waals surface area contributed by atoms with Crippen molar-refractivity contribution in [2.75, 3.05) is 20.1 Å². The fourth-order valence-corrected chi connectivity index (χ4v) is 1.54. The van der Waals surface area contributed by atoms with Gasteiger partial charge in [-0.3, -0.25) is 0 Å². The average molecular weight is 128 g/mol. The van der Waals surface area contributed by atoms with Gasteiger partial charge in [-0.25, -0.2) is 10.0 Å². The van der Waals surface area contributed by atoms with E-state index in [9.17, 15) is 0 Å². The van der Waals surface area contributed by atoms with E-state index in [0.29, 0.717) is 0 Å². The zero-order chi connectivity index (χ0) is 6.85. The summed E-state index contributed by atoms with van der Waals surface area (Å²) in [6, 6.07) is 0.764. The lowest BCUT2D eigenvalue weighted by molar-refractivity contribution is 0.0334. The van der Waals surface area contributed by atoms with E-state index in [1.54, 1.807) is 0 Å². The van der Waals surface area contributed by atoms with Crippen molar-refractivity contribution in [3.05, 3.63) is 0 Å². The Morgan fingerprint density at radius 1 is 1.56 bits per heavy atom. The van der Waals surface area contributed by atoms with Crippen LogP contribution in [0.25, 0.3) is 0 Å². The van der Waals surface area contributed by atoms with Gasteiger partial charge in [0.25, 0.3) is 0 Å². The monoisotopic (exact) mass is 128 g/mol. The highest BCUT2D eigenvalue weighted by atomic mass is 15.6. The molecule has 0 aromatic carbocycles. The number of hydrazine groups is 1. The van der Waals surface area contributed by atoms with E-state index < -0.39 is 0 Å². The van der Waals surface area contributed by atoms with E-state index >= 15 is 0 Å². The number of hydrogen-bond acceptors (Lipinski definition) is 2. The van der Waals surface area contributed by atoms with Crippen LogP contribution in [0.15, 0.2) is 0 Å². The zero-order valence-corrected chi connectivity index (χ0v) is 6.59. The fraction of sp³-hybridized carbons (Fsp3) is 1.00. The second kappa shape index (κ2) is 2.67. The van der Waals surface area contributed by atoms with E-state index in [4.69, 9.17) is 0 Å². The van der Waals surface area contributed by atoms with Crippen LogP contribution in [0.4, 0.5) is 0 Å². The van der Waals surface area contributed by atoms with Crippen molar-refractivity contribution in [1.82, 2.24) is 10.0 Å². The Morgan fingerprint density at radius 3 is 2.44 bits per heavy atom. The van der Waals surface area contributed by atoms with Crippen LogP contribution in [0.5, 0.6) is 0 Å². The topological polar surface area (TPSA) is 6.48 Å². The molecule has 1 atom stereocenters. The molecule has 0 spiro atoms. The van der Waals surface area contributed by atoms with Crippen molar-refractivity contribution in [2.45, 2.75) is 26.3 Å². The van der Waals surface area contributed by atoms with E-state index in [2.05, 4.69) is 30.9 Å². The second-order valence-corrected chi connectivity index (χ2v) is 2.77. The molecule has 9 heavy (non-hydrogen) atoms. The third-order valence-electron chi connectivity index (χ3n) is 2.14. The molecule has 1 saturated heterocycles. The first-order valence-corrected chi connectivity index (χ1v) is 3.73. The highest BCUT2D eigenvalue weighted by Gasteiger charge is 2.22. The Morgan fingerprint density at radius 2 is 2.22 bits per heavy atom. The summed E-state index contributed by atoms with van der Waals surface area (Å²) in [5, 5.41) is 4.71. The van der Waals surface area contributed by atoms with Gasteiger partial charge in [-0.15, -0.1) is 0 Å². The molecule has 1 rings (SSSR count). The lowest BCUT2D eigenvalue weighted by atomic mass is 10.3. The first-order valence-electron chi connectivity index (χ1n) is 3.73. The quantitative estimate of drug-likeness (QED) is 0.518. The maximum absolute atomic E-state index is 2.40. The summed E-state index contributed by atoms with van der Waals surface area (Å²) in [5.74, 6) is 0. The van der Waals surface area contributed by atoms with Crippen molar-refractivity contribution < 1.29 is 0 Å². The Hall–Kier alpha value is -0.0800. The van der Waals surface area contributed by atoms with Crippen molar-refractivity contribution in [3.63, 3.8) is 0 Å². The van der Waals surface area contributed by atoms with Crippen molar-refractivity contribution in [3.8, 4) is 0 Å². The Labute approximate surface area is 57.4 Å². The van der Waals surface area contributed by atoms with Gasteiger partial charge in [-0.2, -0.15) is 0 Å². The molecule has 0 aliphatic carbocycles. The minimum atomic E-state index is 0.764. The first kappa shape index (κ1) is 7.03. The van der Waals surface area contributed by atoms with Gasteiger partial charge in [0.15, 0.2) is 0 Å². The van der Waals surface area contributed by atoms with Crippen molar-refractivity contribution in [2.24, 2.45) is 0 Å². The summed E-state index contributed by atoms with van der Waals surface area (Å²) in [5.41, 5.74) is 0. The molecule has 54 valence electrons. The molecular weight excluding hydrogens is 112 g/mol. The highest BCUT2D eigenvalue weighted by Crippen LogP contribution is 2.14. The predicted molar refractivity (Wildman–Crippen MR) is 39.1 cm³/mol. The Kier molecular flexibility index (Phi) is 2.09. The molecule has 0 amide bonds. The standard InChI is InChI=1S/C7H16N2/c1-4-9-7(2)5-6-8(9)3/h7H,4-6H2,1-3H3/t7-/m0/s1. The number of hydrogen-bond donors (Lipinski definition) is 0. The molecule has 0 saturated carbocycles. The van der Waals surface area contributed by atoms with Gasteiger partial charge in [0, 0.05) is 26.2 Å². The first-order chi connectivity index (χ1) is 4.25. The van der Waals surface area contributed by atoms with E-state index in [1.807, 2.05) is 0 Å². The summed E-state index contributed by atoms with van der Waals surface area (Å²) in [6.07, 6.45) is 1.32. The summed E-state index contributed by atoms with van der Waals surface area (Å²) in [4.78, 5) is 0. The van der Waals surface area contributed by atoms with Crippen LogP contribution < -0.4 is 0 Å². The van der Waals surface area contributed by atoms with Crippen molar-refractivity contribution >= 4 is 0 Å². The smallest absolute Gasteiger partial charge is 0.0230 e. The Bertz CT molecular complexity index is 82.9. The second-order valence-electron chi connectivity index (χ2n) is 2.77. The van der Waals surface area contributed by atoms with Crippen molar-refractivity contribution in [1.29, 1.82) is 0 Å². The third-order valence-corrected chi connectivity index (χ3v) is 2.14. The summed E-state index contributed by atoms with van der Waals surface area (Å²) >= 11 is 0. The molecule has 1 aliphatic heterocycles. The maximum atomic E-state index is 2.40. The Balaban J connectivity index is 2.44. The van der Waals surface area contributed by atoms with Crippen LogP contribution in [0, 0.1) is 0 Å². The predicted octanol–water partition coefficient (Wildman–Crippen LogP) is 0.947.